The molecule has 1 unspecified atom stereocenters. The molecule has 0 spiro atoms. The van der Waals surface area contributed by atoms with Crippen molar-refractivity contribution in [3.8, 4) is 5.75 Å². The van der Waals surface area contributed by atoms with E-state index in [1.807, 2.05) is 6.92 Å². The van der Waals surface area contributed by atoms with Crippen LogP contribution in [0, 0.1) is 0 Å². The summed E-state index contributed by atoms with van der Waals surface area (Å²) in [4.78, 5) is 11.5. The summed E-state index contributed by atoms with van der Waals surface area (Å²) in [7, 11) is 0. The van der Waals surface area contributed by atoms with Crippen LogP contribution < -0.4 is 16.0 Å². The van der Waals surface area contributed by atoms with Gasteiger partial charge in [0.25, 0.3) is 5.91 Å². The highest BCUT2D eigenvalue weighted by Crippen LogP contribution is 2.16. The highest BCUT2D eigenvalue weighted by molar-refractivity contribution is 5.80. The van der Waals surface area contributed by atoms with Gasteiger partial charge in [0.05, 0.1) is 6.61 Å². The fraction of sp³-hybridized carbons (Fsp3) is 0.417. The highest BCUT2D eigenvalue weighted by atomic mass is 16.5. The van der Waals surface area contributed by atoms with Crippen molar-refractivity contribution in [2.24, 2.45) is 5.84 Å². The number of rotatable bonds is 6. The van der Waals surface area contributed by atoms with E-state index in [9.17, 15) is 4.79 Å². The van der Waals surface area contributed by atoms with E-state index in [1.165, 1.54) is 0 Å². The van der Waals surface area contributed by atoms with Gasteiger partial charge in [-0.05, 0) is 24.1 Å². The van der Waals surface area contributed by atoms with E-state index in [2.05, 4.69) is 5.43 Å². The van der Waals surface area contributed by atoms with Crippen molar-refractivity contribution in [3.05, 3.63) is 29.8 Å². The molecule has 1 amide bonds. The largest absolute Gasteiger partial charge is 0.481 e. The first-order chi connectivity index (χ1) is 8.21. The minimum atomic E-state index is -0.598. The molecule has 1 aromatic carbocycles. The number of carbonyl (C=O) groups excluding carboxylic acids is 1. The van der Waals surface area contributed by atoms with Crippen LogP contribution in [0.3, 0.4) is 0 Å². The number of aliphatic hydroxyl groups excluding tert-OH is 1. The molecule has 1 rings (SSSR count). The lowest BCUT2D eigenvalue weighted by atomic mass is 10.2. The van der Waals surface area contributed by atoms with Gasteiger partial charge in [0, 0.05) is 0 Å². The molecule has 94 valence electrons. The van der Waals surface area contributed by atoms with Gasteiger partial charge in [0.1, 0.15) is 5.75 Å². The third-order valence-corrected chi connectivity index (χ3v) is 2.34. The number of hydrazine groups is 1. The molecule has 0 heterocycles. The molecule has 0 fully saturated rings. The number of nitrogens with one attached hydrogen (secondary N) is 1. The van der Waals surface area contributed by atoms with Crippen LogP contribution in [0.25, 0.3) is 0 Å². The van der Waals surface area contributed by atoms with E-state index >= 15 is 0 Å². The van der Waals surface area contributed by atoms with Crippen LogP contribution in [-0.2, 0) is 11.4 Å². The van der Waals surface area contributed by atoms with Gasteiger partial charge in [0.2, 0.25) is 0 Å². The molecule has 0 aliphatic rings. The molecule has 1 aromatic rings. The summed E-state index contributed by atoms with van der Waals surface area (Å²) in [5.41, 5.74) is 2.83. The van der Waals surface area contributed by atoms with Crippen LogP contribution in [0.15, 0.2) is 24.3 Å². The number of hydrogen-bond donors (Lipinski definition) is 3. The first-order valence-electron chi connectivity index (χ1n) is 5.58. The SMILES string of the molecule is CCCC(Oc1cccc(CO)c1)C(=O)NN. The van der Waals surface area contributed by atoms with Crippen LogP contribution in [0.4, 0.5) is 0 Å². The summed E-state index contributed by atoms with van der Waals surface area (Å²) in [6, 6.07) is 6.99. The van der Waals surface area contributed by atoms with Crippen LogP contribution in [0.1, 0.15) is 25.3 Å². The first-order valence-corrected chi connectivity index (χ1v) is 5.58. The highest BCUT2D eigenvalue weighted by Gasteiger charge is 2.18. The number of nitrogens with two attached hydrogens (primary N) is 1. The smallest absolute Gasteiger partial charge is 0.274 e. The van der Waals surface area contributed by atoms with E-state index in [4.69, 9.17) is 15.7 Å². The second-order valence-corrected chi connectivity index (χ2v) is 3.71. The molecule has 0 aromatic heterocycles. The normalized spacial score (nSPS) is 11.9. The maximum atomic E-state index is 11.5. The molecule has 0 aliphatic heterocycles. The molecule has 0 radical (unpaired) electrons. The molecule has 0 aliphatic carbocycles. The monoisotopic (exact) mass is 238 g/mol. The van der Waals surface area contributed by atoms with Crippen molar-refractivity contribution in [2.45, 2.75) is 32.5 Å². The maximum absolute atomic E-state index is 11.5. The van der Waals surface area contributed by atoms with Crippen molar-refractivity contribution < 1.29 is 14.6 Å². The zero-order valence-electron chi connectivity index (χ0n) is 9.85. The Balaban J connectivity index is 2.74. The summed E-state index contributed by atoms with van der Waals surface area (Å²) in [6.45, 7) is 1.91. The van der Waals surface area contributed by atoms with Crippen molar-refractivity contribution in [3.63, 3.8) is 0 Å². The average molecular weight is 238 g/mol. The van der Waals surface area contributed by atoms with Crippen LogP contribution >= 0.6 is 0 Å². The van der Waals surface area contributed by atoms with Gasteiger partial charge in [-0.3, -0.25) is 10.2 Å². The predicted molar refractivity (Wildman–Crippen MR) is 64.0 cm³/mol. The van der Waals surface area contributed by atoms with E-state index < -0.39 is 6.10 Å². The lowest BCUT2D eigenvalue weighted by molar-refractivity contribution is -0.128. The molecule has 0 saturated carbocycles. The fourth-order valence-electron chi connectivity index (χ4n) is 1.48. The second-order valence-electron chi connectivity index (χ2n) is 3.71. The van der Waals surface area contributed by atoms with Crippen molar-refractivity contribution in [1.29, 1.82) is 0 Å². The number of benzene rings is 1. The number of amides is 1. The summed E-state index contributed by atoms with van der Waals surface area (Å²) < 4.78 is 5.55. The molecule has 5 nitrogen and oxygen atoms in total. The Morgan fingerprint density at radius 1 is 1.59 bits per heavy atom. The third kappa shape index (κ3) is 4.05. The zero-order chi connectivity index (χ0) is 12.7. The van der Waals surface area contributed by atoms with Crippen LogP contribution in [0.5, 0.6) is 5.75 Å². The van der Waals surface area contributed by atoms with Gasteiger partial charge < -0.3 is 9.84 Å². The van der Waals surface area contributed by atoms with E-state index in [-0.39, 0.29) is 12.5 Å². The molecule has 0 bridgehead atoms. The number of hydrogen-bond acceptors (Lipinski definition) is 4. The van der Waals surface area contributed by atoms with Crippen LogP contribution in [0.2, 0.25) is 0 Å². The Hall–Kier alpha value is -1.59. The topological polar surface area (TPSA) is 84.6 Å². The summed E-state index contributed by atoms with van der Waals surface area (Å²) in [5, 5.41) is 9.00. The Morgan fingerprint density at radius 2 is 2.35 bits per heavy atom. The third-order valence-electron chi connectivity index (χ3n) is 2.34. The molecule has 1 atom stereocenters. The molecule has 17 heavy (non-hydrogen) atoms. The maximum Gasteiger partial charge on any atom is 0.274 e. The van der Waals surface area contributed by atoms with Crippen LogP contribution in [-0.4, -0.2) is 17.1 Å². The van der Waals surface area contributed by atoms with Gasteiger partial charge >= 0.3 is 0 Å². The Kier molecular flexibility index (Phi) is 5.45. The molecular weight excluding hydrogens is 220 g/mol. The Bertz CT molecular complexity index is 369. The molecule has 4 N–H and O–H groups in total. The number of aliphatic hydroxyl groups is 1. The minimum absolute atomic E-state index is 0.0568. The van der Waals surface area contributed by atoms with Crippen molar-refractivity contribution >= 4 is 5.91 Å². The van der Waals surface area contributed by atoms with Gasteiger partial charge in [-0.1, -0.05) is 25.5 Å². The number of ether oxygens (including phenoxy) is 1. The van der Waals surface area contributed by atoms with E-state index in [0.29, 0.717) is 12.2 Å². The van der Waals surface area contributed by atoms with Crippen molar-refractivity contribution in [2.75, 3.05) is 0 Å². The summed E-state index contributed by atoms with van der Waals surface area (Å²) >= 11 is 0. The Morgan fingerprint density at radius 3 is 2.94 bits per heavy atom. The van der Waals surface area contributed by atoms with Gasteiger partial charge in [-0.25, -0.2) is 5.84 Å². The fourth-order valence-corrected chi connectivity index (χ4v) is 1.48. The quantitative estimate of drug-likeness (QED) is 0.387. The molecule has 5 heteroatoms. The first kappa shape index (κ1) is 13.5. The number of carbonyl (C=O) groups is 1. The van der Waals surface area contributed by atoms with Gasteiger partial charge in [-0.2, -0.15) is 0 Å². The standard InChI is InChI=1S/C12H18N2O3/c1-2-4-11(12(16)14-13)17-10-6-3-5-9(7-10)8-15/h3,5-7,11,15H,2,4,8,13H2,1H3,(H,14,16). The lowest BCUT2D eigenvalue weighted by Crippen LogP contribution is -2.42. The zero-order valence-corrected chi connectivity index (χ0v) is 9.85. The minimum Gasteiger partial charge on any atom is -0.481 e. The predicted octanol–water partition coefficient (Wildman–Crippen LogP) is 0.716. The lowest BCUT2D eigenvalue weighted by Gasteiger charge is -2.17. The second kappa shape index (κ2) is 6.88. The average Bonchev–Trinajstić information content (AvgIpc) is 2.37. The Labute approximate surface area is 101 Å². The van der Waals surface area contributed by atoms with Gasteiger partial charge in [-0.15, -0.1) is 0 Å². The molecule has 0 saturated heterocycles. The van der Waals surface area contributed by atoms with Gasteiger partial charge in [0.15, 0.2) is 6.10 Å². The summed E-state index contributed by atoms with van der Waals surface area (Å²) in [5.74, 6) is 5.30. The van der Waals surface area contributed by atoms with Crippen molar-refractivity contribution in [1.82, 2.24) is 5.43 Å². The van der Waals surface area contributed by atoms with E-state index in [1.54, 1.807) is 24.3 Å². The summed E-state index contributed by atoms with van der Waals surface area (Å²) in [6.07, 6.45) is 0.809. The molecular formula is C12H18N2O3. The van der Waals surface area contributed by atoms with E-state index in [0.717, 1.165) is 12.0 Å².